The molecule has 0 aromatic rings. The highest BCUT2D eigenvalue weighted by Gasteiger charge is 2.35. The van der Waals surface area contributed by atoms with Crippen LogP contribution in [0.15, 0.2) is 0 Å². The summed E-state index contributed by atoms with van der Waals surface area (Å²) >= 11 is 0. The number of ether oxygens (including phenoxy) is 1. The van der Waals surface area contributed by atoms with Gasteiger partial charge in [-0.3, -0.25) is 9.59 Å². The highest BCUT2D eigenvalue weighted by atomic mass is 16.5. The minimum Gasteiger partial charge on any atom is -0.481 e. The van der Waals surface area contributed by atoms with E-state index in [0.717, 1.165) is 38.7 Å². The van der Waals surface area contributed by atoms with Gasteiger partial charge in [0.05, 0.1) is 17.9 Å². The van der Waals surface area contributed by atoms with E-state index in [1.54, 1.807) is 0 Å². The van der Waals surface area contributed by atoms with Gasteiger partial charge in [0.2, 0.25) is 5.91 Å². The van der Waals surface area contributed by atoms with Gasteiger partial charge in [-0.1, -0.05) is 12.8 Å². The Bertz CT molecular complexity index is 325. The van der Waals surface area contributed by atoms with Crippen LogP contribution in [0.3, 0.4) is 0 Å². The molecule has 5 heteroatoms. The van der Waals surface area contributed by atoms with Crippen molar-refractivity contribution in [2.75, 3.05) is 13.2 Å². The molecule has 19 heavy (non-hydrogen) atoms. The Morgan fingerprint density at radius 2 is 1.84 bits per heavy atom. The lowest BCUT2D eigenvalue weighted by atomic mass is 9.78. The van der Waals surface area contributed by atoms with Gasteiger partial charge >= 0.3 is 5.97 Å². The number of amides is 1. The Balaban J connectivity index is 1.75. The lowest BCUT2D eigenvalue weighted by Gasteiger charge is -2.27. The van der Waals surface area contributed by atoms with Gasteiger partial charge in [-0.25, -0.2) is 0 Å². The van der Waals surface area contributed by atoms with Gasteiger partial charge < -0.3 is 15.2 Å². The van der Waals surface area contributed by atoms with E-state index < -0.39 is 11.9 Å². The molecule has 1 aliphatic heterocycles. The number of carbonyl (C=O) groups excluding carboxylic acids is 1. The van der Waals surface area contributed by atoms with Crippen LogP contribution >= 0.6 is 0 Å². The molecular formula is C14H23NO4. The molecule has 1 saturated heterocycles. The van der Waals surface area contributed by atoms with E-state index >= 15 is 0 Å². The first kappa shape index (κ1) is 14.3. The normalized spacial score (nSPS) is 31.1. The summed E-state index contributed by atoms with van der Waals surface area (Å²) in [5.41, 5.74) is 0. The van der Waals surface area contributed by atoms with Gasteiger partial charge in [0.1, 0.15) is 0 Å². The maximum absolute atomic E-state index is 12.1. The lowest BCUT2D eigenvalue weighted by molar-refractivity contribution is -0.148. The van der Waals surface area contributed by atoms with Crippen molar-refractivity contribution in [1.82, 2.24) is 5.32 Å². The van der Waals surface area contributed by atoms with Gasteiger partial charge in [-0.15, -0.1) is 0 Å². The van der Waals surface area contributed by atoms with Gasteiger partial charge in [-0.2, -0.15) is 0 Å². The Kier molecular flexibility index (Phi) is 5.19. The van der Waals surface area contributed by atoms with Gasteiger partial charge in [0, 0.05) is 13.2 Å². The van der Waals surface area contributed by atoms with Crippen LogP contribution < -0.4 is 5.32 Å². The second-order valence-electron chi connectivity index (χ2n) is 5.55. The fourth-order valence-electron chi connectivity index (χ4n) is 3.10. The third-order valence-corrected chi connectivity index (χ3v) is 4.21. The fourth-order valence-corrected chi connectivity index (χ4v) is 3.10. The first-order valence-corrected chi connectivity index (χ1v) is 7.30. The van der Waals surface area contributed by atoms with E-state index in [1.165, 1.54) is 0 Å². The van der Waals surface area contributed by atoms with Gasteiger partial charge in [0.15, 0.2) is 0 Å². The maximum Gasteiger partial charge on any atom is 0.307 e. The molecule has 3 unspecified atom stereocenters. The van der Waals surface area contributed by atoms with Crippen molar-refractivity contribution in [3.05, 3.63) is 0 Å². The van der Waals surface area contributed by atoms with Crippen LogP contribution in [0.1, 0.15) is 44.9 Å². The van der Waals surface area contributed by atoms with Gasteiger partial charge in [-0.05, 0) is 32.1 Å². The number of aliphatic carboxylic acids is 1. The molecule has 1 aliphatic carbocycles. The average Bonchev–Trinajstić information content (AvgIpc) is 2.91. The number of hydrogen-bond donors (Lipinski definition) is 2. The van der Waals surface area contributed by atoms with Crippen LogP contribution in [0.25, 0.3) is 0 Å². The zero-order valence-electron chi connectivity index (χ0n) is 11.3. The van der Waals surface area contributed by atoms with Crippen LogP contribution in [-0.2, 0) is 14.3 Å². The molecule has 5 nitrogen and oxygen atoms in total. The number of carbonyl (C=O) groups is 2. The van der Waals surface area contributed by atoms with E-state index in [-0.39, 0.29) is 17.9 Å². The molecule has 0 radical (unpaired) electrons. The smallest absolute Gasteiger partial charge is 0.307 e. The molecule has 2 aliphatic rings. The van der Waals surface area contributed by atoms with Crippen molar-refractivity contribution in [1.29, 1.82) is 0 Å². The van der Waals surface area contributed by atoms with Crippen molar-refractivity contribution in [2.45, 2.75) is 51.0 Å². The molecule has 2 N–H and O–H groups in total. The van der Waals surface area contributed by atoms with Crippen molar-refractivity contribution >= 4 is 11.9 Å². The molecule has 2 rings (SSSR count). The van der Waals surface area contributed by atoms with Crippen LogP contribution in [0, 0.1) is 11.8 Å². The fraction of sp³-hybridized carbons (Fsp3) is 0.857. The molecule has 2 fully saturated rings. The van der Waals surface area contributed by atoms with E-state index in [2.05, 4.69) is 5.32 Å². The standard InChI is InChI=1S/C14H23NO4/c16-13(15-8-7-10-4-3-9-19-10)11-5-1-2-6-12(11)14(17)18/h10-12H,1-9H2,(H,15,16)(H,17,18). The Morgan fingerprint density at radius 1 is 1.11 bits per heavy atom. The molecule has 0 bridgehead atoms. The monoisotopic (exact) mass is 269 g/mol. The predicted octanol–water partition coefficient (Wildman–Crippen LogP) is 1.56. The van der Waals surface area contributed by atoms with Crippen LogP contribution in [-0.4, -0.2) is 36.2 Å². The summed E-state index contributed by atoms with van der Waals surface area (Å²) in [5.74, 6) is -1.78. The van der Waals surface area contributed by atoms with Crippen LogP contribution in [0.5, 0.6) is 0 Å². The Hall–Kier alpha value is -1.10. The molecule has 1 heterocycles. The highest BCUT2D eigenvalue weighted by molar-refractivity contribution is 5.84. The summed E-state index contributed by atoms with van der Waals surface area (Å²) in [6.07, 6.45) is 6.45. The molecule has 108 valence electrons. The summed E-state index contributed by atoms with van der Waals surface area (Å²) in [4.78, 5) is 23.2. The van der Waals surface area contributed by atoms with Crippen molar-refractivity contribution in [3.63, 3.8) is 0 Å². The average molecular weight is 269 g/mol. The lowest BCUT2D eigenvalue weighted by Crippen LogP contribution is -2.40. The topological polar surface area (TPSA) is 75.6 Å². The summed E-state index contributed by atoms with van der Waals surface area (Å²) in [5, 5.41) is 12.0. The number of hydrogen-bond acceptors (Lipinski definition) is 3. The SMILES string of the molecule is O=C(O)C1CCCCC1C(=O)NCCC1CCCO1. The summed E-state index contributed by atoms with van der Waals surface area (Å²) < 4.78 is 5.49. The minimum atomic E-state index is -0.834. The quantitative estimate of drug-likeness (QED) is 0.794. The van der Waals surface area contributed by atoms with E-state index in [9.17, 15) is 9.59 Å². The molecule has 0 aromatic carbocycles. The number of carboxylic acids is 1. The van der Waals surface area contributed by atoms with Crippen molar-refractivity contribution in [3.8, 4) is 0 Å². The van der Waals surface area contributed by atoms with Crippen molar-refractivity contribution in [2.24, 2.45) is 11.8 Å². The van der Waals surface area contributed by atoms with E-state index in [4.69, 9.17) is 9.84 Å². The Morgan fingerprint density at radius 3 is 2.47 bits per heavy atom. The van der Waals surface area contributed by atoms with E-state index in [0.29, 0.717) is 19.4 Å². The second-order valence-corrected chi connectivity index (χ2v) is 5.55. The number of nitrogens with one attached hydrogen (secondary N) is 1. The maximum atomic E-state index is 12.1. The zero-order chi connectivity index (χ0) is 13.7. The molecule has 0 spiro atoms. The molecule has 1 amide bonds. The third kappa shape index (κ3) is 3.93. The van der Waals surface area contributed by atoms with E-state index in [1.807, 2.05) is 0 Å². The highest BCUT2D eigenvalue weighted by Crippen LogP contribution is 2.30. The zero-order valence-corrected chi connectivity index (χ0v) is 11.3. The molecule has 1 saturated carbocycles. The van der Waals surface area contributed by atoms with Crippen LogP contribution in [0.4, 0.5) is 0 Å². The predicted molar refractivity (Wildman–Crippen MR) is 69.7 cm³/mol. The van der Waals surface area contributed by atoms with Gasteiger partial charge in [0.25, 0.3) is 0 Å². The third-order valence-electron chi connectivity index (χ3n) is 4.21. The number of carboxylic acid groups (broad SMARTS) is 1. The largest absolute Gasteiger partial charge is 0.481 e. The second kappa shape index (κ2) is 6.89. The number of rotatable bonds is 5. The molecule has 3 atom stereocenters. The summed E-state index contributed by atoms with van der Waals surface area (Å²) in [7, 11) is 0. The summed E-state index contributed by atoms with van der Waals surface area (Å²) in [6, 6.07) is 0. The first-order valence-electron chi connectivity index (χ1n) is 7.30. The Labute approximate surface area is 113 Å². The summed E-state index contributed by atoms with van der Waals surface area (Å²) in [6.45, 7) is 1.41. The van der Waals surface area contributed by atoms with Crippen LogP contribution in [0.2, 0.25) is 0 Å². The molecular weight excluding hydrogens is 246 g/mol. The van der Waals surface area contributed by atoms with Crippen molar-refractivity contribution < 1.29 is 19.4 Å². The minimum absolute atomic E-state index is 0.0925. The first-order chi connectivity index (χ1) is 9.18. The molecule has 0 aromatic heterocycles.